The lowest BCUT2D eigenvalue weighted by Crippen LogP contribution is -2.41. The molecule has 110 valence electrons. The Morgan fingerprint density at radius 1 is 1.24 bits per heavy atom. The Bertz CT molecular complexity index is 973. The molecule has 2 aromatic rings. The molecule has 1 saturated heterocycles. The molecular formula is C15H20BN3O2. The molecule has 0 bridgehead atoms. The number of pyridine rings is 1. The third-order valence-corrected chi connectivity index (χ3v) is 3.83. The summed E-state index contributed by atoms with van der Waals surface area (Å²) < 4.78 is 75.7. The molecule has 2 aromatic heterocycles. The SMILES string of the molecule is [2H]c1nc(-n2nc(C([2H])([2H])[2H])c(B3OC(C)(C)C(C)(C)O3)c2[2H])c([2H])c([2H])c1[2H]. The van der Waals surface area contributed by atoms with Gasteiger partial charge in [-0.25, -0.2) is 9.67 Å². The van der Waals surface area contributed by atoms with E-state index in [1.807, 2.05) is 0 Å². The van der Waals surface area contributed by atoms with Crippen molar-refractivity contribution in [2.45, 2.75) is 45.7 Å². The van der Waals surface area contributed by atoms with Crippen LogP contribution >= 0.6 is 0 Å². The number of nitrogens with zero attached hydrogens (tertiary/aromatic N) is 3. The molecule has 1 aliphatic rings. The fourth-order valence-electron chi connectivity index (χ4n) is 1.90. The van der Waals surface area contributed by atoms with Gasteiger partial charge in [-0.3, -0.25) is 0 Å². The minimum atomic E-state index is -2.72. The number of hydrogen-bond acceptors (Lipinski definition) is 4. The molecular weight excluding hydrogens is 265 g/mol. The van der Waals surface area contributed by atoms with Crippen LogP contribution in [0.4, 0.5) is 0 Å². The molecule has 0 atom stereocenters. The lowest BCUT2D eigenvalue weighted by atomic mass is 9.79. The second-order valence-electron chi connectivity index (χ2n) is 5.80. The molecule has 0 unspecified atom stereocenters. The van der Waals surface area contributed by atoms with E-state index in [0.29, 0.717) is 0 Å². The van der Waals surface area contributed by atoms with Crippen LogP contribution in [0.15, 0.2) is 30.5 Å². The van der Waals surface area contributed by atoms with Crippen molar-refractivity contribution in [1.29, 1.82) is 0 Å². The van der Waals surface area contributed by atoms with Crippen molar-refractivity contribution in [3.05, 3.63) is 36.2 Å². The fraction of sp³-hybridized carbons (Fsp3) is 0.467. The quantitative estimate of drug-likeness (QED) is 0.793. The average molecular weight is 293 g/mol. The Morgan fingerprint density at radius 2 is 1.95 bits per heavy atom. The van der Waals surface area contributed by atoms with Crippen LogP contribution in [0.2, 0.25) is 0 Å². The van der Waals surface area contributed by atoms with Crippen molar-refractivity contribution in [3.63, 3.8) is 0 Å². The van der Waals surface area contributed by atoms with Crippen LogP contribution in [-0.2, 0) is 9.31 Å². The molecule has 0 aromatic carbocycles. The number of rotatable bonds is 2. The molecule has 6 heteroatoms. The molecule has 0 saturated carbocycles. The van der Waals surface area contributed by atoms with Crippen LogP contribution < -0.4 is 5.46 Å². The van der Waals surface area contributed by atoms with Crippen LogP contribution in [0.5, 0.6) is 0 Å². The summed E-state index contributed by atoms with van der Waals surface area (Å²) in [6.45, 7) is 4.41. The summed E-state index contributed by atoms with van der Waals surface area (Å²) in [5.41, 5.74) is -2.15. The maximum Gasteiger partial charge on any atom is 0.498 e. The second kappa shape index (κ2) is 4.68. The minimum Gasteiger partial charge on any atom is -0.399 e. The van der Waals surface area contributed by atoms with E-state index in [1.165, 1.54) is 0 Å². The third-order valence-electron chi connectivity index (χ3n) is 3.83. The topological polar surface area (TPSA) is 49.2 Å². The molecule has 0 aliphatic carbocycles. The molecule has 0 amide bonds. The third kappa shape index (κ3) is 2.38. The summed E-state index contributed by atoms with van der Waals surface area (Å²) in [5, 5.41) is 3.96. The van der Waals surface area contributed by atoms with E-state index in [9.17, 15) is 0 Å². The van der Waals surface area contributed by atoms with Gasteiger partial charge in [0.25, 0.3) is 0 Å². The summed E-state index contributed by atoms with van der Waals surface area (Å²) in [6.07, 6.45) is -1.02. The predicted molar refractivity (Wildman–Crippen MR) is 81.8 cm³/mol. The normalized spacial score (nSPS) is 26.0. The molecule has 5 nitrogen and oxygen atoms in total. The molecule has 1 fully saturated rings. The summed E-state index contributed by atoms with van der Waals surface area (Å²) in [4.78, 5) is 3.77. The standard InChI is InChI=1S/C15H20BN3O2/c1-11-12(16-20-14(2,3)15(4,5)21-16)10-19(18-11)13-8-6-7-9-17-13/h6-10H,1-5H3/i1D3,6D,7D,8D,9D,10D. The van der Waals surface area contributed by atoms with Gasteiger partial charge in [0.05, 0.1) is 23.7 Å². The van der Waals surface area contributed by atoms with E-state index >= 15 is 0 Å². The van der Waals surface area contributed by atoms with E-state index in [-0.39, 0.29) is 11.3 Å². The van der Waals surface area contributed by atoms with Gasteiger partial charge in [0, 0.05) is 21.9 Å². The van der Waals surface area contributed by atoms with E-state index in [0.717, 1.165) is 4.68 Å². The maximum atomic E-state index is 8.50. The largest absolute Gasteiger partial charge is 0.498 e. The Hall–Kier alpha value is -1.66. The van der Waals surface area contributed by atoms with Crippen LogP contribution in [0.3, 0.4) is 0 Å². The highest BCUT2D eigenvalue weighted by molar-refractivity contribution is 6.62. The number of aromatic nitrogens is 3. The van der Waals surface area contributed by atoms with Gasteiger partial charge in [0.1, 0.15) is 0 Å². The van der Waals surface area contributed by atoms with Crippen LogP contribution in [-0.4, -0.2) is 33.1 Å². The highest BCUT2D eigenvalue weighted by Gasteiger charge is 2.52. The first-order chi connectivity index (χ1) is 13.1. The van der Waals surface area contributed by atoms with Crippen molar-refractivity contribution in [3.8, 4) is 5.82 Å². The summed E-state index contributed by atoms with van der Waals surface area (Å²) in [6, 6.07) is -1.65. The summed E-state index contributed by atoms with van der Waals surface area (Å²) in [5.74, 6) is -0.380. The number of hydrogen-bond donors (Lipinski definition) is 0. The van der Waals surface area contributed by atoms with E-state index in [2.05, 4.69) is 10.1 Å². The lowest BCUT2D eigenvalue weighted by Gasteiger charge is -2.32. The van der Waals surface area contributed by atoms with Crippen molar-refractivity contribution >= 4 is 12.6 Å². The zero-order valence-electron chi connectivity index (χ0n) is 20.2. The summed E-state index contributed by atoms with van der Waals surface area (Å²) in [7, 11) is -1.19. The van der Waals surface area contributed by atoms with E-state index in [4.69, 9.17) is 20.3 Å². The molecule has 0 radical (unpaired) electrons. The predicted octanol–water partition coefficient (Wildman–Crippen LogP) is 1.87. The van der Waals surface area contributed by atoms with Crippen molar-refractivity contribution in [2.24, 2.45) is 0 Å². The fourth-order valence-corrected chi connectivity index (χ4v) is 1.90. The maximum absolute atomic E-state index is 8.50. The Morgan fingerprint density at radius 3 is 2.62 bits per heavy atom. The van der Waals surface area contributed by atoms with Gasteiger partial charge in [0.2, 0.25) is 0 Å². The molecule has 0 N–H and O–H groups in total. The van der Waals surface area contributed by atoms with Gasteiger partial charge < -0.3 is 9.31 Å². The molecule has 21 heavy (non-hydrogen) atoms. The monoisotopic (exact) mass is 293 g/mol. The Labute approximate surface area is 136 Å². The summed E-state index contributed by atoms with van der Waals surface area (Å²) >= 11 is 0. The van der Waals surface area contributed by atoms with Gasteiger partial charge in [-0.15, -0.1) is 0 Å². The average Bonchev–Trinajstić information content (AvgIpc) is 3.02. The zero-order valence-corrected chi connectivity index (χ0v) is 12.2. The lowest BCUT2D eigenvalue weighted by molar-refractivity contribution is 0.00578. The first kappa shape index (κ1) is 7.56. The van der Waals surface area contributed by atoms with Crippen molar-refractivity contribution in [2.75, 3.05) is 0 Å². The first-order valence-electron chi connectivity index (χ1n) is 10.5. The van der Waals surface area contributed by atoms with Crippen LogP contribution in [0, 0.1) is 6.85 Å². The minimum absolute atomic E-state index is 0.127. The van der Waals surface area contributed by atoms with Gasteiger partial charge in [-0.2, -0.15) is 5.10 Å². The second-order valence-corrected chi connectivity index (χ2v) is 5.80. The van der Waals surface area contributed by atoms with Crippen LogP contribution in [0.25, 0.3) is 5.82 Å². The van der Waals surface area contributed by atoms with Crippen molar-refractivity contribution in [1.82, 2.24) is 14.8 Å². The first-order valence-corrected chi connectivity index (χ1v) is 6.49. The Balaban J connectivity index is 2.25. The smallest absolute Gasteiger partial charge is 0.399 e. The van der Waals surface area contributed by atoms with Crippen LogP contribution in [0.1, 0.15) is 44.4 Å². The number of aryl methyl sites for hydroxylation is 1. The van der Waals surface area contributed by atoms with Gasteiger partial charge in [-0.05, 0) is 46.6 Å². The molecule has 1 aliphatic heterocycles. The molecule has 3 heterocycles. The van der Waals surface area contributed by atoms with Gasteiger partial charge in [-0.1, -0.05) is 6.04 Å². The van der Waals surface area contributed by atoms with E-state index < -0.39 is 61.3 Å². The highest BCUT2D eigenvalue weighted by atomic mass is 16.7. The zero-order chi connectivity index (χ0) is 22.1. The van der Waals surface area contributed by atoms with Gasteiger partial charge >= 0.3 is 7.12 Å². The van der Waals surface area contributed by atoms with Crippen molar-refractivity contribution < 1.29 is 20.3 Å². The van der Waals surface area contributed by atoms with Gasteiger partial charge in [0.15, 0.2) is 5.82 Å². The molecule has 3 rings (SSSR count). The Kier molecular flexibility index (Phi) is 1.68. The molecule has 0 spiro atoms. The van der Waals surface area contributed by atoms with E-state index in [1.54, 1.807) is 27.7 Å². The highest BCUT2D eigenvalue weighted by Crippen LogP contribution is 2.36.